The van der Waals surface area contributed by atoms with Gasteiger partial charge in [0.25, 0.3) is 0 Å². The Balaban J connectivity index is 1.55. The van der Waals surface area contributed by atoms with Gasteiger partial charge in [0.2, 0.25) is 5.95 Å². The van der Waals surface area contributed by atoms with Crippen LogP contribution >= 0.6 is 0 Å². The second-order valence-corrected chi connectivity index (χ2v) is 7.83. The van der Waals surface area contributed by atoms with Crippen LogP contribution in [0.4, 0.5) is 35.1 Å². The molecule has 0 radical (unpaired) electrons. The fourth-order valence-electron chi connectivity index (χ4n) is 4.21. The Kier molecular flexibility index (Phi) is 4.95. The minimum Gasteiger partial charge on any atom is -0.431 e. The van der Waals surface area contributed by atoms with Gasteiger partial charge in [-0.1, -0.05) is 0 Å². The molecule has 0 aliphatic carbocycles. The van der Waals surface area contributed by atoms with E-state index in [0.717, 1.165) is 6.42 Å². The molecule has 3 aliphatic heterocycles. The number of pyridine rings is 1. The number of nitrogen functional groups attached to an aromatic ring is 1. The SMILES string of the molecule is Nc1ncc(-c2cc(N3C[C@H]4C[C@@H]3CO4)nc(N3C[C@@H](F)[C@@H](F)C3)n2)cc1OC(F)F. The molecule has 0 saturated carbocycles. The summed E-state index contributed by atoms with van der Waals surface area (Å²) < 4.78 is 63.1. The summed E-state index contributed by atoms with van der Waals surface area (Å²) in [5, 5.41) is 0. The molecule has 5 heterocycles. The molecular formula is C19H20F4N6O2. The molecule has 4 atom stereocenters. The summed E-state index contributed by atoms with van der Waals surface area (Å²) in [5.74, 6) is 0.262. The molecule has 166 valence electrons. The number of anilines is 3. The third-order valence-electron chi connectivity index (χ3n) is 5.75. The molecular weight excluding hydrogens is 420 g/mol. The van der Waals surface area contributed by atoms with Crippen molar-refractivity contribution in [3.05, 3.63) is 18.3 Å². The fraction of sp³-hybridized carbons (Fsp3) is 0.526. The van der Waals surface area contributed by atoms with Crippen molar-refractivity contribution in [1.82, 2.24) is 15.0 Å². The first-order valence-electron chi connectivity index (χ1n) is 9.88. The molecule has 3 aliphatic rings. The van der Waals surface area contributed by atoms with Gasteiger partial charge in [-0.15, -0.1) is 0 Å². The van der Waals surface area contributed by atoms with Crippen molar-refractivity contribution in [1.29, 1.82) is 0 Å². The van der Waals surface area contributed by atoms with Crippen molar-refractivity contribution < 1.29 is 27.0 Å². The monoisotopic (exact) mass is 440 g/mol. The second kappa shape index (κ2) is 7.66. The van der Waals surface area contributed by atoms with E-state index in [0.29, 0.717) is 30.2 Å². The van der Waals surface area contributed by atoms with Gasteiger partial charge in [0.05, 0.1) is 37.5 Å². The molecule has 5 rings (SSSR count). The van der Waals surface area contributed by atoms with Crippen LogP contribution < -0.4 is 20.3 Å². The van der Waals surface area contributed by atoms with Crippen molar-refractivity contribution in [2.45, 2.75) is 37.5 Å². The maximum absolute atomic E-state index is 13.8. The molecule has 2 aromatic heterocycles. The van der Waals surface area contributed by atoms with E-state index in [-0.39, 0.29) is 42.8 Å². The van der Waals surface area contributed by atoms with Gasteiger partial charge in [-0.05, 0) is 12.5 Å². The highest BCUT2D eigenvalue weighted by molar-refractivity contribution is 5.68. The maximum Gasteiger partial charge on any atom is 0.387 e. The van der Waals surface area contributed by atoms with Crippen LogP contribution in [0.3, 0.4) is 0 Å². The van der Waals surface area contributed by atoms with Gasteiger partial charge in [0.1, 0.15) is 5.82 Å². The smallest absolute Gasteiger partial charge is 0.387 e. The Morgan fingerprint density at radius 3 is 2.55 bits per heavy atom. The average molecular weight is 440 g/mol. The minimum absolute atomic E-state index is 0.105. The van der Waals surface area contributed by atoms with Crippen molar-refractivity contribution in [2.24, 2.45) is 0 Å². The van der Waals surface area contributed by atoms with Crippen LogP contribution in [-0.4, -0.2) is 72.3 Å². The number of rotatable bonds is 5. The second-order valence-electron chi connectivity index (χ2n) is 7.83. The molecule has 0 aromatic carbocycles. The van der Waals surface area contributed by atoms with Gasteiger partial charge in [-0.2, -0.15) is 13.8 Å². The fourth-order valence-corrected chi connectivity index (χ4v) is 4.21. The van der Waals surface area contributed by atoms with E-state index in [4.69, 9.17) is 10.5 Å². The molecule has 3 fully saturated rings. The van der Waals surface area contributed by atoms with E-state index in [2.05, 4.69) is 24.6 Å². The third-order valence-corrected chi connectivity index (χ3v) is 5.75. The standard InChI is InChI=1S/C19H20F4N6O2/c20-12-6-28(7-13(12)21)19-26-14(9-1-15(31-18(22)23)17(24)25-4-9)3-16(27-19)29-5-11-2-10(29)8-30-11/h1,3-4,10-13,18H,2,5-8H2,(H2,24,25)/t10-,11-,12-,13+/m1/s1. The number of nitrogens with zero attached hydrogens (tertiary/aromatic N) is 5. The van der Waals surface area contributed by atoms with Gasteiger partial charge in [-0.3, -0.25) is 0 Å². The number of nitrogens with two attached hydrogens (primary N) is 1. The summed E-state index contributed by atoms with van der Waals surface area (Å²) in [4.78, 5) is 16.4. The van der Waals surface area contributed by atoms with Crippen LogP contribution in [-0.2, 0) is 4.74 Å². The molecule has 2 N–H and O–H groups in total. The highest BCUT2D eigenvalue weighted by Gasteiger charge is 2.40. The molecule has 3 saturated heterocycles. The lowest BCUT2D eigenvalue weighted by molar-refractivity contribution is -0.0494. The van der Waals surface area contributed by atoms with E-state index >= 15 is 0 Å². The van der Waals surface area contributed by atoms with Crippen molar-refractivity contribution in [3.8, 4) is 17.0 Å². The van der Waals surface area contributed by atoms with E-state index in [1.165, 1.54) is 17.2 Å². The summed E-state index contributed by atoms with van der Waals surface area (Å²) in [6, 6.07) is 3.15. The summed E-state index contributed by atoms with van der Waals surface area (Å²) in [7, 11) is 0. The van der Waals surface area contributed by atoms with Crippen LogP contribution in [0.25, 0.3) is 11.3 Å². The molecule has 0 unspecified atom stereocenters. The average Bonchev–Trinajstić information content (AvgIpc) is 3.45. The molecule has 0 spiro atoms. The van der Waals surface area contributed by atoms with Crippen LogP contribution in [0.15, 0.2) is 18.3 Å². The van der Waals surface area contributed by atoms with Gasteiger partial charge in [-0.25, -0.2) is 18.7 Å². The van der Waals surface area contributed by atoms with Crippen molar-refractivity contribution in [3.63, 3.8) is 0 Å². The third kappa shape index (κ3) is 3.80. The summed E-state index contributed by atoms with van der Waals surface area (Å²) in [6.45, 7) is -2.20. The number of aromatic nitrogens is 3. The maximum atomic E-state index is 13.8. The number of hydrogen-bond donors (Lipinski definition) is 1. The number of alkyl halides is 4. The Morgan fingerprint density at radius 1 is 1.13 bits per heavy atom. The van der Waals surface area contributed by atoms with Crippen LogP contribution in [0, 0.1) is 0 Å². The van der Waals surface area contributed by atoms with Crippen molar-refractivity contribution >= 4 is 17.6 Å². The summed E-state index contributed by atoms with van der Waals surface area (Å²) in [5.41, 5.74) is 6.35. The van der Waals surface area contributed by atoms with E-state index in [1.807, 2.05) is 0 Å². The normalized spacial score (nSPS) is 27.5. The van der Waals surface area contributed by atoms with Gasteiger partial charge in [0.15, 0.2) is 23.9 Å². The number of halogens is 4. The first kappa shape index (κ1) is 20.0. The zero-order valence-corrected chi connectivity index (χ0v) is 16.3. The molecule has 12 heteroatoms. The topological polar surface area (TPSA) is 89.6 Å². The van der Waals surface area contributed by atoms with Crippen molar-refractivity contribution in [2.75, 3.05) is 41.8 Å². The molecule has 8 nitrogen and oxygen atoms in total. The van der Waals surface area contributed by atoms with Gasteiger partial charge in [0, 0.05) is 24.4 Å². The molecule has 2 aromatic rings. The zero-order chi connectivity index (χ0) is 21.7. The van der Waals surface area contributed by atoms with E-state index in [9.17, 15) is 17.6 Å². The first-order valence-corrected chi connectivity index (χ1v) is 9.88. The van der Waals surface area contributed by atoms with Gasteiger partial charge < -0.3 is 25.0 Å². The Morgan fingerprint density at radius 2 is 1.90 bits per heavy atom. The number of fused-ring (bicyclic) bond motifs is 2. The predicted molar refractivity (Wildman–Crippen MR) is 104 cm³/mol. The van der Waals surface area contributed by atoms with E-state index in [1.54, 1.807) is 6.07 Å². The quantitative estimate of drug-likeness (QED) is 0.708. The largest absolute Gasteiger partial charge is 0.431 e. The highest BCUT2D eigenvalue weighted by Crippen LogP contribution is 2.36. The summed E-state index contributed by atoms with van der Waals surface area (Å²) in [6.07, 6.45) is -0.906. The molecule has 0 amide bonds. The van der Waals surface area contributed by atoms with E-state index < -0.39 is 19.0 Å². The molecule has 31 heavy (non-hydrogen) atoms. The zero-order valence-electron chi connectivity index (χ0n) is 16.3. The minimum atomic E-state index is -3.07. The lowest BCUT2D eigenvalue weighted by Gasteiger charge is -2.29. The van der Waals surface area contributed by atoms with Crippen LogP contribution in [0.1, 0.15) is 6.42 Å². The van der Waals surface area contributed by atoms with Crippen LogP contribution in [0.5, 0.6) is 5.75 Å². The van der Waals surface area contributed by atoms with Gasteiger partial charge >= 0.3 is 6.61 Å². The first-order chi connectivity index (χ1) is 14.9. The number of ether oxygens (including phenoxy) is 2. The Labute approximate surface area is 175 Å². The van der Waals surface area contributed by atoms with Crippen LogP contribution in [0.2, 0.25) is 0 Å². The molecule has 2 bridgehead atoms. The number of hydrogen-bond acceptors (Lipinski definition) is 8. The Bertz CT molecular complexity index is 972. The number of morpholine rings is 1. The predicted octanol–water partition coefficient (Wildman–Crippen LogP) is 2.20. The summed E-state index contributed by atoms with van der Waals surface area (Å²) >= 11 is 0. The highest BCUT2D eigenvalue weighted by atomic mass is 19.3. The lowest BCUT2D eigenvalue weighted by Crippen LogP contribution is -2.38. The Hall–Kier alpha value is -2.89. The lowest BCUT2D eigenvalue weighted by atomic mass is 10.2.